The second-order valence-corrected chi connectivity index (χ2v) is 10.5. The fourth-order valence-electron chi connectivity index (χ4n) is 5.85. The van der Waals surface area contributed by atoms with Crippen molar-refractivity contribution >= 4 is 22.5 Å². The average Bonchev–Trinajstić information content (AvgIpc) is 3.34. The van der Waals surface area contributed by atoms with E-state index in [4.69, 9.17) is 10.8 Å². The topological polar surface area (TPSA) is 88.1 Å². The van der Waals surface area contributed by atoms with Crippen molar-refractivity contribution in [2.75, 3.05) is 44.3 Å². The van der Waals surface area contributed by atoms with Gasteiger partial charge in [0.15, 0.2) is 5.65 Å². The number of hydrogen-bond donors (Lipinski definition) is 2. The Morgan fingerprint density at radius 3 is 2.30 bits per heavy atom. The monoisotopic (exact) mass is 496 g/mol. The number of aromatic nitrogens is 4. The molecule has 192 valence electrons. The maximum absolute atomic E-state index is 6.38. The first-order chi connectivity index (χ1) is 18.2. The van der Waals surface area contributed by atoms with E-state index >= 15 is 0 Å². The summed E-state index contributed by atoms with van der Waals surface area (Å²) >= 11 is 0. The number of fused-ring (bicyclic) bond motifs is 1. The minimum atomic E-state index is 0.319. The van der Waals surface area contributed by atoms with Crippen LogP contribution in [-0.4, -0.2) is 68.8 Å². The van der Waals surface area contributed by atoms with Gasteiger partial charge in [-0.15, -0.1) is 0 Å². The Morgan fingerprint density at radius 2 is 1.57 bits per heavy atom. The van der Waals surface area contributed by atoms with Gasteiger partial charge in [-0.25, -0.2) is 14.6 Å². The largest absolute Gasteiger partial charge is 0.383 e. The van der Waals surface area contributed by atoms with Gasteiger partial charge in [-0.2, -0.15) is 5.10 Å². The Labute approximate surface area is 218 Å². The second kappa shape index (κ2) is 10.5. The molecule has 2 aliphatic rings. The minimum absolute atomic E-state index is 0.319. The Kier molecular flexibility index (Phi) is 6.76. The van der Waals surface area contributed by atoms with Crippen LogP contribution in [0.15, 0.2) is 60.9 Å². The van der Waals surface area contributed by atoms with Crippen LogP contribution < -0.4 is 11.1 Å². The lowest BCUT2D eigenvalue weighted by molar-refractivity contribution is 0.0859. The zero-order valence-corrected chi connectivity index (χ0v) is 21.6. The predicted octanol–water partition coefficient (Wildman–Crippen LogP) is 4.42. The smallest absolute Gasteiger partial charge is 0.164 e. The van der Waals surface area contributed by atoms with Gasteiger partial charge in [0, 0.05) is 36.9 Å². The van der Waals surface area contributed by atoms with Gasteiger partial charge in [-0.1, -0.05) is 42.5 Å². The first kappa shape index (κ1) is 23.9. The normalized spacial score (nSPS) is 18.4. The fourth-order valence-corrected chi connectivity index (χ4v) is 5.85. The maximum Gasteiger partial charge on any atom is 0.164 e. The molecule has 2 aromatic carbocycles. The van der Waals surface area contributed by atoms with Crippen LogP contribution in [0.25, 0.3) is 22.3 Å². The van der Waals surface area contributed by atoms with Gasteiger partial charge in [0.25, 0.3) is 0 Å². The van der Waals surface area contributed by atoms with E-state index in [0.29, 0.717) is 17.9 Å². The molecule has 0 saturated carbocycles. The number of rotatable bonds is 6. The highest BCUT2D eigenvalue weighted by molar-refractivity contribution is 5.98. The molecule has 0 bridgehead atoms. The molecule has 0 spiro atoms. The Hall–Kier alpha value is -3.49. The highest BCUT2D eigenvalue weighted by Gasteiger charge is 2.30. The third-order valence-corrected chi connectivity index (χ3v) is 8.07. The van der Waals surface area contributed by atoms with Gasteiger partial charge in [0.2, 0.25) is 0 Å². The summed E-state index contributed by atoms with van der Waals surface area (Å²) in [6, 6.07) is 19.9. The predicted molar refractivity (Wildman–Crippen MR) is 149 cm³/mol. The van der Waals surface area contributed by atoms with Crippen LogP contribution in [0.1, 0.15) is 37.3 Å². The van der Waals surface area contributed by atoms with Crippen molar-refractivity contribution < 1.29 is 0 Å². The van der Waals surface area contributed by atoms with Crippen molar-refractivity contribution in [2.24, 2.45) is 0 Å². The summed E-state index contributed by atoms with van der Waals surface area (Å²) in [6.07, 6.45) is 6.26. The molecule has 0 aliphatic carbocycles. The van der Waals surface area contributed by atoms with Crippen molar-refractivity contribution in [1.82, 2.24) is 29.5 Å². The van der Waals surface area contributed by atoms with Crippen molar-refractivity contribution in [3.63, 3.8) is 0 Å². The van der Waals surface area contributed by atoms with Crippen LogP contribution in [0.3, 0.4) is 0 Å². The first-order valence-corrected chi connectivity index (χ1v) is 13.5. The fraction of sp³-hybridized carbons (Fsp3) is 0.414. The van der Waals surface area contributed by atoms with E-state index in [1.807, 2.05) is 6.07 Å². The molecule has 2 aromatic heterocycles. The number of nitrogens with one attached hydrogen (secondary N) is 1. The number of hydrogen-bond acceptors (Lipinski definition) is 7. The zero-order chi connectivity index (χ0) is 25.2. The van der Waals surface area contributed by atoms with E-state index in [1.54, 1.807) is 6.33 Å². The molecule has 2 saturated heterocycles. The summed E-state index contributed by atoms with van der Waals surface area (Å²) in [5.74, 6) is 0.487. The van der Waals surface area contributed by atoms with Crippen LogP contribution >= 0.6 is 0 Å². The lowest BCUT2D eigenvalue weighted by Gasteiger charge is -2.41. The molecule has 4 heterocycles. The summed E-state index contributed by atoms with van der Waals surface area (Å²) < 4.78 is 2.12. The number of likely N-dealkylation sites (tertiary alicyclic amines) is 2. The highest BCUT2D eigenvalue weighted by atomic mass is 15.3. The van der Waals surface area contributed by atoms with Gasteiger partial charge in [-0.3, -0.25) is 0 Å². The van der Waals surface area contributed by atoms with E-state index in [9.17, 15) is 0 Å². The molecule has 0 unspecified atom stereocenters. The van der Waals surface area contributed by atoms with Crippen molar-refractivity contribution in [3.05, 3.63) is 66.5 Å². The molecule has 8 nitrogen and oxygen atoms in total. The lowest BCUT2D eigenvalue weighted by Crippen LogP contribution is -2.47. The molecule has 0 atom stereocenters. The first-order valence-electron chi connectivity index (χ1n) is 13.5. The molecular weight excluding hydrogens is 460 g/mol. The van der Waals surface area contributed by atoms with Gasteiger partial charge in [-0.05, 0) is 63.5 Å². The quantitative estimate of drug-likeness (QED) is 0.409. The number of nitrogen functional groups attached to an aromatic ring is 1. The maximum atomic E-state index is 6.38. The third-order valence-electron chi connectivity index (χ3n) is 8.07. The van der Waals surface area contributed by atoms with Crippen LogP contribution in [0.2, 0.25) is 0 Å². The Bertz CT molecular complexity index is 1320. The zero-order valence-electron chi connectivity index (χ0n) is 21.6. The molecule has 0 radical (unpaired) electrons. The standard InChI is InChI=1S/C29H36N8/c1-35-15-11-24(12-16-35)36-17-13-25(14-18-36)37-29-26(28(30)32-20-33-29)27(34-37)22-7-9-23(10-8-22)31-19-21-5-3-2-4-6-21/h2-10,20,24-25,31H,11-19H2,1H3,(H2,30,32,33). The van der Waals surface area contributed by atoms with Gasteiger partial charge >= 0.3 is 0 Å². The van der Waals surface area contributed by atoms with E-state index in [1.165, 1.54) is 31.5 Å². The Balaban J connectivity index is 1.20. The number of anilines is 2. The molecule has 8 heteroatoms. The molecule has 0 amide bonds. The molecule has 4 aromatic rings. The highest BCUT2D eigenvalue weighted by Crippen LogP contribution is 2.35. The second-order valence-electron chi connectivity index (χ2n) is 10.5. The summed E-state index contributed by atoms with van der Waals surface area (Å²) in [4.78, 5) is 14.1. The number of nitrogens with two attached hydrogens (primary N) is 1. The SMILES string of the molecule is CN1CCC(N2CCC(n3nc(-c4ccc(NCc5ccccc5)cc4)c4c(N)ncnc43)CC2)CC1. The van der Waals surface area contributed by atoms with Crippen molar-refractivity contribution in [1.29, 1.82) is 0 Å². The van der Waals surface area contributed by atoms with Gasteiger partial charge in [0.05, 0.1) is 11.4 Å². The molecule has 6 rings (SSSR count). The lowest BCUT2D eigenvalue weighted by atomic mass is 9.98. The van der Waals surface area contributed by atoms with Crippen molar-refractivity contribution in [2.45, 2.75) is 44.3 Å². The molecule has 2 aliphatic heterocycles. The molecule has 37 heavy (non-hydrogen) atoms. The third kappa shape index (κ3) is 5.04. The molecular formula is C29H36N8. The average molecular weight is 497 g/mol. The number of piperidine rings is 2. The van der Waals surface area contributed by atoms with E-state index in [-0.39, 0.29) is 0 Å². The van der Waals surface area contributed by atoms with Gasteiger partial charge in [0.1, 0.15) is 17.8 Å². The van der Waals surface area contributed by atoms with Crippen LogP contribution in [-0.2, 0) is 6.54 Å². The van der Waals surface area contributed by atoms with E-state index < -0.39 is 0 Å². The van der Waals surface area contributed by atoms with Crippen LogP contribution in [0.4, 0.5) is 11.5 Å². The number of nitrogens with zero attached hydrogens (tertiary/aromatic N) is 6. The summed E-state index contributed by atoms with van der Waals surface area (Å²) in [6.45, 7) is 5.41. The molecule has 2 fully saturated rings. The molecule has 3 N–H and O–H groups in total. The minimum Gasteiger partial charge on any atom is -0.383 e. The van der Waals surface area contributed by atoms with Gasteiger partial charge < -0.3 is 20.9 Å². The van der Waals surface area contributed by atoms with E-state index in [2.05, 4.69) is 85.3 Å². The van der Waals surface area contributed by atoms with Crippen LogP contribution in [0, 0.1) is 0 Å². The van der Waals surface area contributed by atoms with Crippen LogP contribution in [0.5, 0.6) is 0 Å². The van der Waals surface area contributed by atoms with E-state index in [0.717, 1.165) is 60.5 Å². The van der Waals surface area contributed by atoms with Crippen molar-refractivity contribution in [3.8, 4) is 11.3 Å². The Morgan fingerprint density at radius 1 is 0.865 bits per heavy atom. The summed E-state index contributed by atoms with van der Waals surface area (Å²) in [5, 5.41) is 9.45. The summed E-state index contributed by atoms with van der Waals surface area (Å²) in [7, 11) is 2.23. The number of benzene rings is 2. The summed E-state index contributed by atoms with van der Waals surface area (Å²) in [5.41, 5.74) is 11.4.